The average Bonchev–Trinajstić information content (AvgIpc) is 2.52. The molecule has 1 unspecified atom stereocenters. The summed E-state index contributed by atoms with van der Waals surface area (Å²) in [5.74, 6) is -0.460. The van der Waals surface area contributed by atoms with Gasteiger partial charge in [-0.3, -0.25) is 9.59 Å². The first-order chi connectivity index (χ1) is 11.3. The van der Waals surface area contributed by atoms with Gasteiger partial charge in [0.2, 0.25) is 0 Å². The van der Waals surface area contributed by atoms with Gasteiger partial charge in [0.1, 0.15) is 0 Å². The van der Waals surface area contributed by atoms with Crippen LogP contribution < -0.4 is 10.9 Å². The van der Waals surface area contributed by atoms with Crippen molar-refractivity contribution in [1.29, 1.82) is 0 Å². The van der Waals surface area contributed by atoms with Crippen LogP contribution >= 0.6 is 0 Å². The molecular formula is C18H24N4O2. The molecule has 2 aromatic rings. The lowest BCUT2D eigenvalue weighted by Crippen LogP contribution is -2.37. The minimum atomic E-state index is -0.465. The summed E-state index contributed by atoms with van der Waals surface area (Å²) in [7, 11) is 3.91. The summed E-state index contributed by atoms with van der Waals surface area (Å²) in [6.07, 6.45) is 0. The molecule has 0 aliphatic heterocycles. The van der Waals surface area contributed by atoms with Crippen LogP contribution in [0.25, 0.3) is 0 Å². The SMILES string of the molecule is Cc1ccc(C(CNC(=O)c2nc(C)c(C)[nH]c2=O)N(C)C)cc1. The monoisotopic (exact) mass is 328 g/mol. The highest BCUT2D eigenvalue weighted by molar-refractivity contribution is 5.91. The number of hydrogen-bond donors (Lipinski definition) is 2. The van der Waals surface area contributed by atoms with Crippen molar-refractivity contribution < 1.29 is 4.79 Å². The van der Waals surface area contributed by atoms with E-state index in [1.54, 1.807) is 13.8 Å². The lowest BCUT2D eigenvalue weighted by molar-refractivity contribution is 0.0935. The van der Waals surface area contributed by atoms with Gasteiger partial charge in [-0.2, -0.15) is 0 Å². The molecule has 0 spiro atoms. The van der Waals surface area contributed by atoms with E-state index in [0.29, 0.717) is 17.9 Å². The summed E-state index contributed by atoms with van der Waals surface area (Å²) in [4.78, 5) is 33.0. The Labute approximate surface area is 141 Å². The Morgan fingerprint density at radius 1 is 1.21 bits per heavy atom. The van der Waals surface area contributed by atoms with E-state index in [2.05, 4.69) is 15.3 Å². The first-order valence-corrected chi connectivity index (χ1v) is 7.88. The van der Waals surface area contributed by atoms with Crippen molar-refractivity contribution in [3.05, 3.63) is 62.8 Å². The van der Waals surface area contributed by atoms with Crippen molar-refractivity contribution in [3.63, 3.8) is 0 Å². The predicted octanol–water partition coefficient (Wildman–Crippen LogP) is 1.73. The second-order valence-corrected chi connectivity index (χ2v) is 6.23. The summed E-state index contributed by atoms with van der Waals surface area (Å²) < 4.78 is 0. The molecular weight excluding hydrogens is 304 g/mol. The minimum absolute atomic E-state index is 0.0141. The number of H-pyrrole nitrogens is 1. The lowest BCUT2D eigenvalue weighted by Gasteiger charge is -2.25. The second-order valence-electron chi connectivity index (χ2n) is 6.23. The molecule has 0 aliphatic carbocycles. The van der Waals surface area contributed by atoms with Crippen molar-refractivity contribution in [1.82, 2.24) is 20.2 Å². The van der Waals surface area contributed by atoms with Gasteiger partial charge in [0.05, 0.1) is 11.7 Å². The van der Waals surface area contributed by atoms with Crippen LogP contribution in [0.1, 0.15) is 39.0 Å². The topological polar surface area (TPSA) is 78.1 Å². The molecule has 0 saturated carbocycles. The van der Waals surface area contributed by atoms with E-state index in [4.69, 9.17) is 0 Å². The molecule has 1 aromatic heterocycles. The van der Waals surface area contributed by atoms with E-state index in [9.17, 15) is 9.59 Å². The number of hydrogen-bond acceptors (Lipinski definition) is 4. The molecule has 2 rings (SSSR count). The Balaban J connectivity index is 2.15. The van der Waals surface area contributed by atoms with Gasteiger partial charge in [-0.05, 0) is 40.4 Å². The number of likely N-dealkylation sites (N-methyl/N-ethyl adjacent to an activating group) is 1. The maximum atomic E-state index is 12.3. The fourth-order valence-corrected chi connectivity index (χ4v) is 2.44. The van der Waals surface area contributed by atoms with Crippen molar-refractivity contribution >= 4 is 5.91 Å². The highest BCUT2D eigenvalue weighted by atomic mass is 16.2. The van der Waals surface area contributed by atoms with Crippen LogP contribution in [0.2, 0.25) is 0 Å². The van der Waals surface area contributed by atoms with E-state index < -0.39 is 11.5 Å². The molecule has 0 fully saturated rings. The van der Waals surface area contributed by atoms with Crippen molar-refractivity contribution in [2.24, 2.45) is 0 Å². The summed E-state index contributed by atoms with van der Waals surface area (Å²) in [6, 6.07) is 8.20. The molecule has 24 heavy (non-hydrogen) atoms. The van der Waals surface area contributed by atoms with Crippen LogP contribution in [0.4, 0.5) is 0 Å². The number of benzene rings is 1. The number of amides is 1. The number of aryl methyl sites for hydroxylation is 3. The van der Waals surface area contributed by atoms with Crippen molar-refractivity contribution in [3.8, 4) is 0 Å². The van der Waals surface area contributed by atoms with Crippen LogP contribution in [0.5, 0.6) is 0 Å². The Kier molecular flexibility index (Phi) is 5.51. The Morgan fingerprint density at radius 2 is 1.83 bits per heavy atom. The highest BCUT2D eigenvalue weighted by Gasteiger charge is 2.18. The Morgan fingerprint density at radius 3 is 2.42 bits per heavy atom. The van der Waals surface area contributed by atoms with E-state index in [1.165, 1.54) is 5.56 Å². The maximum absolute atomic E-state index is 12.3. The van der Waals surface area contributed by atoms with Crippen molar-refractivity contribution in [2.45, 2.75) is 26.8 Å². The zero-order valence-corrected chi connectivity index (χ0v) is 14.8. The quantitative estimate of drug-likeness (QED) is 0.876. The molecule has 0 bridgehead atoms. The van der Waals surface area contributed by atoms with Gasteiger partial charge in [0.25, 0.3) is 11.5 Å². The lowest BCUT2D eigenvalue weighted by atomic mass is 10.0. The number of rotatable bonds is 5. The second kappa shape index (κ2) is 7.40. The third kappa shape index (κ3) is 4.08. The Hall–Kier alpha value is -2.47. The maximum Gasteiger partial charge on any atom is 0.279 e. The highest BCUT2D eigenvalue weighted by Crippen LogP contribution is 2.18. The predicted molar refractivity (Wildman–Crippen MR) is 94.3 cm³/mol. The molecule has 0 aliphatic rings. The van der Waals surface area contributed by atoms with Crippen LogP contribution in [0, 0.1) is 20.8 Å². The van der Waals surface area contributed by atoms with Gasteiger partial charge in [-0.1, -0.05) is 29.8 Å². The third-order valence-corrected chi connectivity index (χ3v) is 4.09. The first-order valence-electron chi connectivity index (χ1n) is 7.88. The van der Waals surface area contributed by atoms with Gasteiger partial charge >= 0.3 is 0 Å². The molecule has 6 heteroatoms. The fourth-order valence-electron chi connectivity index (χ4n) is 2.44. The van der Waals surface area contributed by atoms with Gasteiger partial charge in [-0.15, -0.1) is 0 Å². The molecule has 2 N–H and O–H groups in total. The van der Waals surface area contributed by atoms with Crippen molar-refractivity contribution in [2.75, 3.05) is 20.6 Å². The van der Waals surface area contributed by atoms with Gasteiger partial charge in [-0.25, -0.2) is 4.98 Å². The standard InChI is InChI=1S/C18H24N4O2/c1-11-6-8-14(9-7-11)15(22(4)5)10-19-17(23)16-18(24)21-13(3)12(2)20-16/h6-9,15H,10H2,1-5H3,(H,19,23)(H,21,24). The number of carbonyl (C=O) groups excluding carboxylic acids is 1. The third-order valence-electron chi connectivity index (χ3n) is 4.09. The zero-order valence-electron chi connectivity index (χ0n) is 14.8. The summed E-state index contributed by atoms with van der Waals surface area (Å²) in [6.45, 7) is 5.94. The zero-order chi connectivity index (χ0) is 17.9. The average molecular weight is 328 g/mol. The summed E-state index contributed by atoms with van der Waals surface area (Å²) in [5, 5.41) is 2.82. The van der Waals surface area contributed by atoms with E-state index in [0.717, 1.165) is 5.56 Å². The van der Waals surface area contributed by atoms with Gasteiger partial charge < -0.3 is 15.2 Å². The van der Waals surface area contributed by atoms with Crippen LogP contribution in [-0.4, -0.2) is 41.4 Å². The summed E-state index contributed by atoms with van der Waals surface area (Å²) >= 11 is 0. The number of aromatic amines is 1. The number of nitrogens with one attached hydrogen (secondary N) is 2. The van der Waals surface area contributed by atoms with E-state index >= 15 is 0 Å². The number of aromatic nitrogens is 2. The van der Waals surface area contributed by atoms with E-state index in [-0.39, 0.29) is 11.7 Å². The van der Waals surface area contributed by atoms with Crippen LogP contribution in [0.15, 0.2) is 29.1 Å². The Bertz CT molecular complexity index is 779. The normalized spacial score (nSPS) is 12.2. The summed E-state index contributed by atoms with van der Waals surface area (Å²) in [5.41, 5.74) is 3.04. The van der Waals surface area contributed by atoms with Crippen LogP contribution in [0.3, 0.4) is 0 Å². The minimum Gasteiger partial charge on any atom is -0.349 e. The fraction of sp³-hybridized carbons (Fsp3) is 0.389. The molecule has 1 heterocycles. The number of nitrogens with zero attached hydrogens (tertiary/aromatic N) is 2. The molecule has 1 amide bonds. The molecule has 128 valence electrons. The van der Waals surface area contributed by atoms with Gasteiger partial charge in [0.15, 0.2) is 5.69 Å². The molecule has 1 aromatic carbocycles. The smallest absolute Gasteiger partial charge is 0.279 e. The number of carbonyl (C=O) groups is 1. The molecule has 6 nitrogen and oxygen atoms in total. The van der Waals surface area contributed by atoms with Gasteiger partial charge in [0, 0.05) is 12.2 Å². The molecule has 1 atom stereocenters. The van der Waals surface area contributed by atoms with Crippen LogP contribution in [-0.2, 0) is 0 Å². The van der Waals surface area contributed by atoms with E-state index in [1.807, 2.05) is 50.2 Å². The first kappa shape index (κ1) is 17.9. The largest absolute Gasteiger partial charge is 0.349 e. The molecule has 0 saturated heterocycles. The molecule has 0 radical (unpaired) electrons.